The van der Waals surface area contributed by atoms with Gasteiger partial charge in [0.15, 0.2) is 18.9 Å². The summed E-state index contributed by atoms with van der Waals surface area (Å²) in [4.78, 5) is 13.5. The summed E-state index contributed by atoms with van der Waals surface area (Å²) < 4.78 is 34.4. The number of unbranched alkanes of at least 4 members (excludes halogenated alkanes) is 47. The van der Waals surface area contributed by atoms with Crippen LogP contribution in [0.25, 0.3) is 0 Å². The van der Waals surface area contributed by atoms with Gasteiger partial charge in [-0.2, -0.15) is 0 Å². The van der Waals surface area contributed by atoms with E-state index in [4.69, 9.17) is 28.4 Å². The summed E-state index contributed by atoms with van der Waals surface area (Å²) >= 11 is 0. The first-order chi connectivity index (χ1) is 47.8. The smallest absolute Gasteiger partial charge is 0.220 e. The van der Waals surface area contributed by atoms with Crippen LogP contribution in [0.4, 0.5) is 0 Å². The molecule has 0 aromatic carbocycles. The fourth-order valence-electron chi connectivity index (χ4n) is 14.0. The van der Waals surface area contributed by atoms with Gasteiger partial charge in [0.25, 0.3) is 0 Å². The summed E-state index contributed by atoms with van der Waals surface area (Å²) in [5.41, 5.74) is 0. The topological polar surface area (TPSA) is 307 Å². The molecule has 3 saturated heterocycles. The van der Waals surface area contributed by atoms with E-state index in [1.807, 2.05) is 6.08 Å². The monoisotopic (exact) mass is 1400 g/mol. The molecule has 19 nitrogen and oxygen atoms in total. The number of hydrogen-bond acceptors (Lipinski definition) is 18. The van der Waals surface area contributed by atoms with Gasteiger partial charge < -0.3 is 89.9 Å². The first-order valence-corrected chi connectivity index (χ1v) is 40.6. The molecule has 17 atom stereocenters. The molecular formula is C79H149NO18. The third kappa shape index (κ3) is 40.5. The first kappa shape index (κ1) is 90.5. The van der Waals surface area contributed by atoms with Gasteiger partial charge in [-0.05, 0) is 32.1 Å². The van der Waals surface area contributed by atoms with Crippen LogP contribution in [-0.4, -0.2) is 193 Å². The highest BCUT2D eigenvalue weighted by molar-refractivity contribution is 5.76. The largest absolute Gasteiger partial charge is 0.394 e. The molecule has 0 radical (unpaired) electrons. The molecule has 0 bridgehead atoms. The summed E-state index contributed by atoms with van der Waals surface area (Å²) in [6.07, 6.45) is 46.0. The van der Waals surface area contributed by atoms with E-state index in [0.717, 1.165) is 38.5 Å². The second kappa shape index (κ2) is 60.5. The molecule has 3 aliphatic heterocycles. The highest BCUT2D eigenvalue weighted by atomic mass is 16.8. The van der Waals surface area contributed by atoms with E-state index in [0.29, 0.717) is 12.8 Å². The molecule has 3 rings (SSSR count). The number of carbonyl (C=O) groups is 1. The minimum absolute atomic E-state index is 0.241. The normalized spacial score (nSPS) is 26.8. The number of carbonyl (C=O) groups excluding carboxylic acids is 1. The summed E-state index contributed by atoms with van der Waals surface area (Å²) in [7, 11) is 0. The quantitative estimate of drug-likeness (QED) is 0.0199. The van der Waals surface area contributed by atoms with E-state index < -0.39 is 124 Å². The fourth-order valence-corrected chi connectivity index (χ4v) is 14.0. The third-order valence-electron chi connectivity index (χ3n) is 20.5. The van der Waals surface area contributed by atoms with Crippen molar-refractivity contribution in [2.45, 2.75) is 446 Å². The van der Waals surface area contributed by atoms with Crippen LogP contribution in [0, 0.1) is 0 Å². The van der Waals surface area contributed by atoms with Crippen LogP contribution in [0.15, 0.2) is 24.3 Å². The summed E-state index contributed by atoms with van der Waals surface area (Å²) in [5.74, 6) is -0.277. The molecule has 3 fully saturated rings. The van der Waals surface area contributed by atoms with Gasteiger partial charge in [-0.1, -0.05) is 327 Å². The summed E-state index contributed by atoms with van der Waals surface area (Å²) in [5, 5.41) is 121. The average Bonchev–Trinajstić information content (AvgIpc) is 0.784. The van der Waals surface area contributed by atoms with Gasteiger partial charge in [-0.15, -0.1) is 0 Å². The molecule has 578 valence electrons. The molecule has 0 aromatic heterocycles. The van der Waals surface area contributed by atoms with Gasteiger partial charge in [-0.25, -0.2) is 0 Å². The second-order valence-corrected chi connectivity index (χ2v) is 29.2. The van der Waals surface area contributed by atoms with Crippen molar-refractivity contribution in [2.75, 3.05) is 26.4 Å². The van der Waals surface area contributed by atoms with Crippen LogP contribution in [0.1, 0.15) is 341 Å². The number of rotatable bonds is 65. The van der Waals surface area contributed by atoms with Crippen molar-refractivity contribution < 1.29 is 89.4 Å². The van der Waals surface area contributed by atoms with Crippen LogP contribution < -0.4 is 5.32 Å². The predicted molar refractivity (Wildman–Crippen MR) is 388 cm³/mol. The zero-order valence-electron chi connectivity index (χ0n) is 61.8. The lowest BCUT2D eigenvalue weighted by atomic mass is 9.96. The molecule has 3 heterocycles. The molecule has 1 amide bonds. The number of nitrogens with one attached hydrogen (secondary N) is 1. The van der Waals surface area contributed by atoms with E-state index in [1.54, 1.807) is 6.08 Å². The number of hydrogen-bond donors (Lipinski definition) is 12. The van der Waals surface area contributed by atoms with E-state index in [2.05, 4.69) is 31.3 Å². The predicted octanol–water partition coefficient (Wildman–Crippen LogP) is 13.3. The van der Waals surface area contributed by atoms with Crippen LogP contribution in [0.5, 0.6) is 0 Å². The van der Waals surface area contributed by atoms with E-state index >= 15 is 0 Å². The lowest BCUT2D eigenvalue weighted by Crippen LogP contribution is -2.66. The van der Waals surface area contributed by atoms with Crippen LogP contribution in [0.3, 0.4) is 0 Å². The van der Waals surface area contributed by atoms with Gasteiger partial charge in [0.05, 0.1) is 38.6 Å². The molecule has 98 heavy (non-hydrogen) atoms. The molecule has 0 aliphatic carbocycles. The minimum atomic E-state index is -1.98. The Labute approximate surface area is 594 Å². The molecular weight excluding hydrogens is 1250 g/mol. The zero-order valence-corrected chi connectivity index (χ0v) is 61.8. The van der Waals surface area contributed by atoms with Crippen LogP contribution >= 0.6 is 0 Å². The van der Waals surface area contributed by atoms with Crippen molar-refractivity contribution in [2.24, 2.45) is 0 Å². The molecule has 19 heteroatoms. The number of ether oxygens (including phenoxy) is 6. The maximum atomic E-state index is 13.5. The Hall–Kier alpha value is -1.73. The molecule has 0 aromatic rings. The lowest BCUT2D eigenvalue weighted by Gasteiger charge is -2.48. The molecule has 3 aliphatic rings. The van der Waals surface area contributed by atoms with Crippen molar-refractivity contribution in [3.05, 3.63) is 24.3 Å². The van der Waals surface area contributed by atoms with Crippen LogP contribution in [-0.2, 0) is 33.2 Å². The Morgan fingerprint density at radius 3 is 1.02 bits per heavy atom. The summed E-state index contributed by atoms with van der Waals surface area (Å²) in [6.45, 7) is 1.78. The van der Waals surface area contributed by atoms with E-state index in [9.17, 15) is 61.0 Å². The SMILES string of the molecule is CCCCCCCCCCCCCCCCCCCCC/C=C/CC/C=C/C(O)C(COC1OC(CO)C(OC2OC(CO)C(OC3OC(CO)C(O)C(O)C3O)C(O)C2O)C(O)C1O)NC(=O)CCCCCCCCCCCCCCCCCCCCCCCCCCCCCC. The fraction of sp³-hybridized carbons (Fsp3) is 0.937. The van der Waals surface area contributed by atoms with Crippen molar-refractivity contribution in [3.8, 4) is 0 Å². The highest BCUT2D eigenvalue weighted by Crippen LogP contribution is 2.33. The Morgan fingerprint density at radius 2 is 0.653 bits per heavy atom. The number of allylic oxidation sites excluding steroid dienone is 3. The number of aliphatic hydroxyl groups excluding tert-OH is 11. The van der Waals surface area contributed by atoms with Crippen LogP contribution in [0.2, 0.25) is 0 Å². The number of aliphatic hydroxyl groups is 11. The third-order valence-corrected chi connectivity index (χ3v) is 20.5. The maximum Gasteiger partial charge on any atom is 0.220 e. The van der Waals surface area contributed by atoms with Crippen molar-refractivity contribution >= 4 is 5.91 Å². The molecule has 12 N–H and O–H groups in total. The zero-order chi connectivity index (χ0) is 71.1. The minimum Gasteiger partial charge on any atom is -0.394 e. The van der Waals surface area contributed by atoms with Gasteiger partial charge in [0.2, 0.25) is 5.91 Å². The maximum absolute atomic E-state index is 13.5. The van der Waals surface area contributed by atoms with E-state index in [-0.39, 0.29) is 18.9 Å². The van der Waals surface area contributed by atoms with Crippen molar-refractivity contribution in [1.82, 2.24) is 5.32 Å². The first-order valence-electron chi connectivity index (χ1n) is 40.6. The standard InChI is InChI=1S/C79H149NO18/c1-3-5-7-9-11-13-15-17-19-21-23-25-27-29-30-31-33-35-37-39-41-43-45-47-49-51-53-55-57-67(85)80-62(63(84)56-54-52-50-48-46-44-42-40-38-36-34-32-28-26-24-22-20-18-16-14-12-10-8-6-4-2)61-93-77-73(91)70(88)75(65(59-82)95-77)98-79-74(92)71(89)76(66(60-83)96-79)97-78-72(90)69(87)68(86)64(58-81)94-78/h46,48,54,56,62-66,68-79,81-84,86-92H,3-45,47,49-53,55,57-61H2,1-2H3,(H,80,85)/b48-46+,56-54+. The molecule has 0 spiro atoms. The Morgan fingerprint density at radius 1 is 0.357 bits per heavy atom. The summed E-state index contributed by atoms with van der Waals surface area (Å²) in [6, 6.07) is -0.988. The van der Waals surface area contributed by atoms with Crippen molar-refractivity contribution in [1.29, 1.82) is 0 Å². The molecule has 17 unspecified atom stereocenters. The molecule has 0 saturated carbocycles. The Kier molecular flexibility index (Phi) is 55.9. The van der Waals surface area contributed by atoms with Crippen molar-refractivity contribution in [3.63, 3.8) is 0 Å². The van der Waals surface area contributed by atoms with Gasteiger partial charge in [-0.3, -0.25) is 4.79 Å². The van der Waals surface area contributed by atoms with Gasteiger partial charge in [0.1, 0.15) is 73.2 Å². The Bertz CT molecular complexity index is 1870. The Balaban J connectivity index is 1.38. The van der Waals surface area contributed by atoms with E-state index in [1.165, 1.54) is 270 Å². The van der Waals surface area contributed by atoms with Gasteiger partial charge >= 0.3 is 0 Å². The average molecular weight is 1400 g/mol. The second-order valence-electron chi connectivity index (χ2n) is 29.2. The highest BCUT2D eigenvalue weighted by Gasteiger charge is 2.54. The number of amides is 1. The lowest BCUT2D eigenvalue weighted by molar-refractivity contribution is -0.379. The van der Waals surface area contributed by atoms with Gasteiger partial charge in [0, 0.05) is 6.42 Å².